The Morgan fingerprint density at radius 1 is 1.13 bits per heavy atom. The smallest absolute Gasteiger partial charge is 0.218 e. The van der Waals surface area contributed by atoms with Crippen molar-refractivity contribution in [1.82, 2.24) is 19.6 Å². The summed E-state index contributed by atoms with van der Waals surface area (Å²) in [6.45, 7) is 2.55. The first-order valence-corrected chi connectivity index (χ1v) is 9.50. The summed E-state index contributed by atoms with van der Waals surface area (Å²) in [5.74, 6) is 0.943. The number of benzene rings is 1. The van der Waals surface area contributed by atoms with Crippen molar-refractivity contribution in [2.75, 3.05) is 13.1 Å². The number of nitrogens with one attached hydrogen (secondary N) is 2. The molecule has 23 heavy (non-hydrogen) atoms. The van der Waals surface area contributed by atoms with Gasteiger partial charge in [-0.3, -0.25) is 0 Å². The fraction of sp³-hybridized carbons (Fsp3) is 0.438. The molecule has 1 saturated heterocycles. The van der Waals surface area contributed by atoms with Crippen molar-refractivity contribution in [3.63, 3.8) is 0 Å². The van der Waals surface area contributed by atoms with Gasteiger partial charge in [0.2, 0.25) is 10.0 Å². The molecule has 2 aromatic rings. The van der Waals surface area contributed by atoms with Crippen LogP contribution in [0.15, 0.2) is 36.7 Å². The number of imidazole rings is 1. The monoisotopic (exact) mass is 334 g/mol. The summed E-state index contributed by atoms with van der Waals surface area (Å²) in [7, 11) is -3.22. The van der Waals surface area contributed by atoms with E-state index >= 15 is 0 Å². The molecule has 6 nitrogen and oxygen atoms in total. The average Bonchev–Trinajstić information content (AvgIpc) is 3.22. The fourth-order valence-corrected chi connectivity index (χ4v) is 4.51. The number of hydrogen-bond donors (Lipinski definition) is 2. The number of nitrogens with zero attached hydrogens (tertiary/aromatic N) is 2. The Kier molecular flexibility index (Phi) is 5.09. The van der Waals surface area contributed by atoms with Crippen LogP contribution >= 0.6 is 0 Å². The first-order valence-electron chi connectivity index (χ1n) is 7.89. The van der Waals surface area contributed by atoms with Gasteiger partial charge in [-0.1, -0.05) is 24.3 Å². The molecule has 3 rings (SSSR count). The van der Waals surface area contributed by atoms with E-state index in [4.69, 9.17) is 0 Å². The SMILES string of the molecule is O=S(=O)(Cc1ccccc1CNCc1ncc[nH]1)N1CCCC1. The number of H-pyrrole nitrogens is 1. The fourth-order valence-electron chi connectivity index (χ4n) is 2.84. The summed E-state index contributed by atoms with van der Waals surface area (Å²) >= 11 is 0. The van der Waals surface area contributed by atoms with Crippen molar-refractivity contribution >= 4 is 10.0 Å². The molecule has 2 N–H and O–H groups in total. The van der Waals surface area contributed by atoms with E-state index < -0.39 is 10.0 Å². The molecule has 1 aromatic heterocycles. The van der Waals surface area contributed by atoms with Crippen molar-refractivity contribution in [3.05, 3.63) is 53.6 Å². The van der Waals surface area contributed by atoms with Crippen LogP contribution in [0.2, 0.25) is 0 Å². The second kappa shape index (κ2) is 7.25. The maximum Gasteiger partial charge on any atom is 0.218 e. The van der Waals surface area contributed by atoms with Crippen LogP contribution in [-0.4, -0.2) is 35.8 Å². The van der Waals surface area contributed by atoms with Crippen LogP contribution < -0.4 is 5.32 Å². The second-order valence-electron chi connectivity index (χ2n) is 5.77. The lowest BCUT2D eigenvalue weighted by Crippen LogP contribution is -2.29. The predicted octanol–water partition coefficient (Wildman–Crippen LogP) is 1.63. The van der Waals surface area contributed by atoms with E-state index in [1.54, 1.807) is 16.7 Å². The average molecular weight is 334 g/mol. The molecule has 0 radical (unpaired) electrons. The molecule has 0 unspecified atom stereocenters. The molecule has 1 aliphatic heterocycles. The zero-order valence-electron chi connectivity index (χ0n) is 13.0. The second-order valence-corrected chi connectivity index (χ2v) is 7.74. The van der Waals surface area contributed by atoms with Crippen molar-refractivity contribution in [1.29, 1.82) is 0 Å². The predicted molar refractivity (Wildman–Crippen MR) is 89.0 cm³/mol. The molecule has 1 aromatic carbocycles. The first-order chi connectivity index (χ1) is 11.1. The van der Waals surface area contributed by atoms with Crippen LogP contribution in [0.25, 0.3) is 0 Å². The van der Waals surface area contributed by atoms with Gasteiger partial charge in [0.1, 0.15) is 5.82 Å². The summed E-state index contributed by atoms with van der Waals surface area (Å²) < 4.78 is 26.6. The number of hydrogen-bond acceptors (Lipinski definition) is 4. The lowest BCUT2D eigenvalue weighted by atomic mass is 10.1. The van der Waals surface area contributed by atoms with Gasteiger partial charge in [0.25, 0.3) is 0 Å². The number of sulfonamides is 1. The van der Waals surface area contributed by atoms with Gasteiger partial charge in [-0.05, 0) is 24.0 Å². The highest BCUT2D eigenvalue weighted by Crippen LogP contribution is 2.19. The topological polar surface area (TPSA) is 78.1 Å². The Bertz CT molecular complexity index is 722. The summed E-state index contributed by atoms with van der Waals surface area (Å²) in [5, 5.41) is 3.30. The molecule has 0 aliphatic carbocycles. The molecule has 0 spiro atoms. The maximum atomic E-state index is 12.5. The third-order valence-electron chi connectivity index (χ3n) is 4.08. The quantitative estimate of drug-likeness (QED) is 0.807. The standard InChI is InChI=1S/C16H22N4O2S/c21-23(22,20-9-3-4-10-20)13-15-6-2-1-5-14(15)11-17-12-16-18-7-8-19-16/h1-2,5-8,17H,3-4,9-13H2,(H,18,19). The zero-order valence-corrected chi connectivity index (χ0v) is 13.8. The number of rotatable bonds is 7. The van der Waals surface area contributed by atoms with E-state index in [-0.39, 0.29) is 5.75 Å². The lowest BCUT2D eigenvalue weighted by molar-refractivity contribution is 0.476. The minimum absolute atomic E-state index is 0.0750. The Morgan fingerprint density at radius 2 is 1.87 bits per heavy atom. The summed E-state index contributed by atoms with van der Waals surface area (Å²) in [5.41, 5.74) is 1.88. The Balaban J connectivity index is 1.65. The highest BCUT2D eigenvalue weighted by Gasteiger charge is 2.26. The van der Waals surface area contributed by atoms with Crippen LogP contribution in [-0.2, 0) is 28.9 Å². The van der Waals surface area contributed by atoms with Crippen molar-refractivity contribution in [2.24, 2.45) is 0 Å². The van der Waals surface area contributed by atoms with Crippen molar-refractivity contribution in [3.8, 4) is 0 Å². The van der Waals surface area contributed by atoms with Crippen LogP contribution in [0, 0.1) is 0 Å². The molecule has 0 bridgehead atoms. The lowest BCUT2D eigenvalue weighted by Gasteiger charge is -2.17. The molecule has 0 amide bonds. The minimum atomic E-state index is -3.22. The van der Waals surface area contributed by atoms with Crippen molar-refractivity contribution in [2.45, 2.75) is 31.7 Å². The third kappa shape index (κ3) is 4.19. The van der Waals surface area contributed by atoms with E-state index in [0.29, 0.717) is 26.2 Å². The van der Waals surface area contributed by atoms with Gasteiger partial charge in [-0.15, -0.1) is 0 Å². The Morgan fingerprint density at radius 3 is 2.57 bits per heavy atom. The van der Waals surface area contributed by atoms with Crippen LogP contribution in [0.3, 0.4) is 0 Å². The van der Waals surface area contributed by atoms with Gasteiger partial charge < -0.3 is 10.3 Å². The molecule has 124 valence electrons. The Labute approximate surface area is 137 Å². The largest absolute Gasteiger partial charge is 0.348 e. The molecular weight excluding hydrogens is 312 g/mol. The number of aromatic nitrogens is 2. The molecule has 2 heterocycles. The molecule has 0 atom stereocenters. The Hall–Kier alpha value is -1.70. The maximum absolute atomic E-state index is 12.5. The minimum Gasteiger partial charge on any atom is -0.348 e. The number of aromatic amines is 1. The highest BCUT2D eigenvalue weighted by atomic mass is 32.2. The van der Waals surface area contributed by atoms with Crippen LogP contribution in [0.5, 0.6) is 0 Å². The van der Waals surface area contributed by atoms with Gasteiger partial charge in [0.15, 0.2) is 0 Å². The molecule has 7 heteroatoms. The van der Waals surface area contributed by atoms with Crippen LogP contribution in [0.1, 0.15) is 29.8 Å². The summed E-state index contributed by atoms with van der Waals surface area (Å²) in [6.07, 6.45) is 5.43. The zero-order chi connectivity index (χ0) is 16.1. The van der Waals surface area contributed by atoms with Gasteiger partial charge >= 0.3 is 0 Å². The highest BCUT2D eigenvalue weighted by molar-refractivity contribution is 7.88. The van der Waals surface area contributed by atoms with E-state index in [2.05, 4.69) is 15.3 Å². The van der Waals surface area contributed by atoms with Gasteiger partial charge in [0, 0.05) is 32.0 Å². The first kappa shape index (κ1) is 16.2. The van der Waals surface area contributed by atoms with Crippen molar-refractivity contribution < 1.29 is 8.42 Å². The van der Waals surface area contributed by atoms with Crippen LogP contribution in [0.4, 0.5) is 0 Å². The van der Waals surface area contributed by atoms with E-state index in [1.807, 2.05) is 24.3 Å². The van der Waals surface area contributed by atoms with E-state index in [9.17, 15) is 8.42 Å². The van der Waals surface area contributed by atoms with Gasteiger partial charge in [-0.25, -0.2) is 17.7 Å². The summed E-state index contributed by atoms with van der Waals surface area (Å²) in [6, 6.07) is 7.71. The summed E-state index contributed by atoms with van der Waals surface area (Å²) in [4.78, 5) is 7.20. The molecular formula is C16H22N4O2S. The molecule has 0 saturated carbocycles. The molecule has 1 aliphatic rings. The van der Waals surface area contributed by atoms with E-state index in [1.165, 1.54) is 0 Å². The molecule has 1 fully saturated rings. The van der Waals surface area contributed by atoms with E-state index in [0.717, 1.165) is 29.8 Å². The van der Waals surface area contributed by atoms with Gasteiger partial charge in [-0.2, -0.15) is 0 Å². The third-order valence-corrected chi connectivity index (χ3v) is 5.91. The normalized spacial score (nSPS) is 16.0. The van der Waals surface area contributed by atoms with Gasteiger partial charge in [0.05, 0.1) is 12.3 Å².